The van der Waals surface area contributed by atoms with Crippen molar-refractivity contribution in [3.63, 3.8) is 0 Å². The van der Waals surface area contributed by atoms with Gasteiger partial charge >= 0.3 is 12.0 Å². The van der Waals surface area contributed by atoms with E-state index >= 15 is 0 Å². The molecule has 4 heterocycles. The SMILES string of the molecule is CN(CC(=O)OC(C)(C)C)C(=O)c1csc(C2CCN(C(=O)N3CCN(c4ccccn4)CC3)CC2)n1. The second kappa shape index (κ2) is 11.5. The van der Waals surface area contributed by atoms with Crippen LogP contribution in [0.2, 0.25) is 0 Å². The van der Waals surface area contributed by atoms with Gasteiger partial charge in [-0.3, -0.25) is 9.59 Å². The summed E-state index contributed by atoms with van der Waals surface area (Å²) in [5.74, 6) is 0.417. The van der Waals surface area contributed by atoms with Crippen molar-refractivity contribution in [3.05, 3.63) is 40.5 Å². The number of hydrogen-bond acceptors (Lipinski definition) is 8. The zero-order chi connectivity index (χ0) is 26.6. The van der Waals surface area contributed by atoms with Crippen molar-refractivity contribution in [2.24, 2.45) is 0 Å². The van der Waals surface area contributed by atoms with E-state index in [1.165, 1.54) is 16.2 Å². The molecule has 2 aliphatic heterocycles. The van der Waals surface area contributed by atoms with Gasteiger partial charge in [-0.05, 0) is 45.7 Å². The Morgan fingerprint density at radius 1 is 1.05 bits per heavy atom. The lowest BCUT2D eigenvalue weighted by molar-refractivity contribution is -0.155. The van der Waals surface area contributed by atoms with Crippen LogP contribution >= 0.6 is 11.3 Å². The standard InChI is InChI=1S/C26H36N6O4S/c1-26(2,3)36-22(33)17-29(4)24(34)20-18-37-23(28-20)19-8-11-31(12-9-19)25(35)32-15-13-30(14-16-32)21-7-5-6-10-27-21/h5-7,10,18-19H,8-9,11-17H2,1-4H3. The average molecular weight is 529 g/mol. The number of amides is 3. The first kappa shape index (κ1) is 26.8. The smallest absolute Gasteiger partial charge is 0.326 e. The molecule has 2 aromatic rings. The Morgan fingerprint density at radius 3 is 2.35 bits per heavy atom. The van der Waals surface area contributed by atoms with Crippen molar-refractivity contribution in [1.29, 1.82) is 0 Å². The summed E-state index contributed by atoms with van der Waals surface area (Å²) < 4.78 is 5.30. The van der Waals surface area contributed by atoms with E-state index in [1.807, 2.05) is 28.0 Å². The molecule has 0 atom stereocenters. The Kier molecular flexibility index (Phi) is 8.31. The third kappa shape index (κ3) is 6.97. The van der Waals surface area contributed by atoms with Crippen LogP contribution in [0.1, 0.15) is 55.0 Å². The maximum Gasteiger partial charge on any atom is 0.326 e. The van der Waals surface area contributed by atoms with Crippen molar-refractivity contribution >= 4 is 35.1 Å². The molecule has 2 aliphatic rings. The predicted octanol–water partition coefficient (Wildman–Crippen LogP) is 3.07. The van der Waals surface area contributed by atoms with Crippen LogP contribution in [0.15, 0.2) is 29.8 Å². The van der Waals surface area contributed by atoms with Crippen LogP contribution in [0.4, 0.5) is 10.6 Å². The fraction of sp³-hybridized carbons (Fsp3) is 0.577. The van der Waals surface area contributed by atoms with E-state index < -0.39 is 11.6 Å². The van der Waals surface area contributed by atoms with Gasteiger partial charge in [0.05, 0.1) is 5.01 Å². The number of ether oxygens (including phenoxy) is 1. The second-order valence-corrected chi connectivity index (χ2v) is 11.4. The highest BCUT2D eigenvalue weighted by Crippen LogP contribution is 2.31. The lowest BCUT2D eigenvalue weighted by Crippen LogP contribution is -2.54. The van der Waals surface area contributed by atoms with Gasteiger partial charge in [-0.1, -0.05) is 6.07 Å². The molecule has 0 saturated carbocycles. The maximum atomic E-state index is 13.1. The highest BCUT2D eigenvalue weighted by molar-refractivity contribution is 7.09. The highest BCUT2D eigenvalue weighted by Gasteiger charge is 2.31. The Bertz CT molecular complexity index is 1090. The van der Waals surface area contributed by atoms with E-state index in [4.69, 9.17) is 4.74 Å². The van der Waals surface area contributed by atoms with Gasteiger partial charge in [0, 0.05) is 63.8 Å². The number of urea groups is 1. The molecule has 2 fully saturated rings. The number of esters is 1. The van der Waals surface area contributed by atoms with Crippen LogP contribution in [-0.2, 0) is 9.53 Å². The summed E-state index contributed by atoms with van der Waals surface area (Å²) >= 11 is 1.47. The van der Waals surface area contributed by atoms with E-state index in [0.717, 1.165) is 36.8 Å². The van der Waals surface area contributed by atoms with Crippen molar-refractivity contribution in [1.82, 2.24) is 24.7 Å². The number of piperazine rings is 1. The van der Waals surface area contributed by atoms with Crippen molar-refractivity contribution in [2.75, 3.05) is 57.8 Å². The number of carbonyl (C=O) groups excluding carboxylic acids is 3. The number of anilines is 1. The van der Waals surface area contributed by atoms with Crippen LogP contribution in [0.5, 0.6) is 0 Å². The highest BCUT2D eigenvalue weighted by atomic mass is 32.1. The summed E-state index contributed by atoms with van der Waals surface area (Å²) in [5.41, 5.74) is -0.255. The van der Waals surface area contributed by atoms with Crippen LogP contribution in [0.25, 0.3) is 0 Å². The molecule has 0 N–H and O–H groups in total. The molecule has 200 valence electrons. The van der Waals surface area contributed by atoms with Crippen molar-refractivity contribution < 1.29 is 19.1 Å². The zero-order valence-electron chi connectivity index (χ0n) is 22.1. The van der Waals surface area contributed by atoms with E-state index in [9.17, 15) is 14.4 Å². The maximum absolute atomic E-state index is 13.1. The number of likely N-dealkylation sites (tertiary alicyclic amines) is 1. The number of likely N-dealkylation sites (N-methyl/N-ethyl adjacent to an activating group) is 1. The minimum absolute atomic E-state index is 0.0953. The summed E-state index contributed by atoms with van der Waals surface area (Å²) in [6.07, 6.45) is 3.42. The molecule has 0 bridgehead atoms. The van der Waals surface area contributed by atoms with Gasteiger partial charge < -0.3 is 24.3 Å². The predicted molar refractivity (Wildman–Crippen MR) is 142 cm³/mol. The fourth-order valence-electron chi connectivity index (χ4n) is 4.59. The second-order valence-electron chi connectivity index (χ2n) is 10.5. The average Bonchev–Trinajstić information content (AvgIpc) is 3.38. The molecule has 0 aliphatic carbocycles. The number of nitrogens with zero attached hydrogens (tertiary/aromatic N) is 6. The molecule has 2 saturated heterocycles. The van der Waals surface area contributed by atoms with Gasteiger partial charge in [-0.15, -0.1) is 11.3 Å². The number of aromatic nitrogens is 2. The van der Waals surface area contributed by atoms with E-state index in [1.54, 1.807) is 39.4 Å². The zero-order valence-corrected chi connectivity index (χ0v) is 22.9. The normalized spacial score (nSPS) is 17.0. The Labute approximate surface area is 222 Å². The molecule has 11 heteroatoms. The first-order valence-electron chi connectivity index (χ1n) is 12.7. The summed E-state index contributed by atoms with van der Waals surface area (Å²) in [7, 11) is 1.57. The van der Waals surface area contributed by atoms with Gasteiger partial charge in [0.15, 0.2) is 0 Å². The summed E-state index contributed by atoms with van der Waals surface area (Å²) in [6.45, 7) is 9.52. The van der Waals surface area contributed by atoms with Gasteiger partial charge in [0.25, 0.3) is 5.91 Å². The number of thiazole rings is 1. The monoisotopic (exact) mass is 528 g/mol. The van der Waals surface area contributed by atoms with E-state index in [0.29, 0.717) is 31.9 Å². The molecule has 0 aromatic carbocycles. The third-order valence-electron chi connectivity index (χ3n) is 6.51. The first-order chi connectivity index (χ1) is 17.6. The van der Waals surface area contributed by atoms with Gasteiger partial charge in [-0.2, -0.15) is 0 Å². The summed E-state index contributed by atoms with van der Waals surface area (Å²) in [5, 5.41) is 2.66. The summed E-state index contributed by atoms with van der Waals surface area (Å²) in [6, 6.07) is 5.98. The van der Waals surface area contributed by atoms with Crippen molar-refractivity contribution in [3.8, 4) is 0 Å². The Morgan fingerprint density at radius 2 is 1.73 bits per heavy atom. The fourth-order valence-corrected chi connectivity index (χ4v) is 5.56. The van der Waals surface area contributed by atoms with Gasteiger partial charge in [-0.25, -0.2) is 14.8 Å². The number of carbonyl (C=O) groups is 3. The minimum Gasteiger partial charge on any atom is -0.459 e. The summed E-state index contributed by atoms with van der Waals surface area (Å²) in [4.78, 5) is 54.3. The quantitative estimate of drug-likeness (QED) is 0.550. The lowest BCUT2D eigenvalue weighted by Gasteiger charge is -2.39. The molecule has 3 amide bonds. The molecule has 10 nitrogen and oxygen atoms in total. The largest absolute Gasteiger partial charge is 0.459 e. The van der Waals surface area contributed by atoms with Crippen LogP contribution in [0, 0.1) is 0 Å². The van der Waals surface area contributed by atoms with Crippen LogP contribution in [0.3, 0.4) is 0 Å². The molecule has 0 spiro atoms. The van der Waals surface area contributed by atoms with Gasteiger partial charge in [0.1, 0.15) is 23.7 Å². The van der Waals surface area contributed by atoms with Crippen LogP contribution in [-0.4, -0.2) is 101 Å². The number of pyridine rings is 1. The molecule has 2 aromatic heterocycles. The van der Waals surface area contributed by atoms with Crippen LogP contribution < -0.4 is 4.90 Å². The lowest BCUT2D eigenvalue weighted by atomic mass is 9.98. The first-order valence-corrected chi connectivity index (χ1v) is 13.6. The molecular formula is C26H36N6O4S. The Hall–Kier alpha value is -3.21. The topological polar surface area (TPSA) is 99.2 Å². The van der Waals surface area contributed by atoms with E-state index in [2.05, 4.69) is 14.9 Å². The van der Waals surface area contributed by atoms with Gasteiger partial charge in [0.2, 0.25) is 0 Å². The molecule has 0 unspecified atom stereocenters. The minimum atomic E-state index is -0.598. The third-order valence-corrected chi connectivity index (χ3v) is 7.52. The number of piperidine rings is 1. The molecule has 0 radical (unpaired) electrons. The molecular weight excluding hydrogens is 492 g/mol. The Balaban J connectivity index is 1.24. The number of rotatable bonds is 5. The van der Waals surface area contributed by atoms with E-state index in [-0.39, 0.29) is 24.4 Å². The van der Waals surface area contributed by atoms with Crippen molar-refractivity contribution in [2.45, 2.75) is 45.1 Å². The molecule has 37 heavy (non-hydrogen) atoms. The molecule has 4 rings (SSSR count). The number of hydrogen-bond donors (Lipinski definition) is 0.